The van der Waals surface area contributed by atoms with E-state index in [0.717, 1.165) is 16.7 Å². The van der Waals surface area contributed by atoms with Gasteiger partial charge in [-0.25, -0.2) is 4.98 Å². The van der Waals surface area contributed by atoms with E-state index in [4.69, 9.17) is 4.74 Å². The van der Waals surface area contributed by atoms with Gasteiger partial charge >= 0.3 is 0 Å². The lowest BCUT2D eigenvalue weighted by atomic mass is 10.2. The van der Waals surface area contributed by atoms with Crippen molar-refractivity contribution in [3.63, 3.8) is 0 Å². The first-order chi connectivity index (χ1) is 13.1. The second-order valence-corrected chi connectivity index (χ2v) is 8.52. The van der Waals surface area contributed by atoms with Crippen LogP contribution in [0.2, 0.25) is 0 Å². The molecular formula is C22H19N2O2P. The molecule has 1 aromatic heterocycles. The number of benzene rings is 2. The van der Waals surface area contributed by atoms with E-state index in [1.807, 2.05) is 79.7 Å². The first-order valence-corrected chi connectivity index (χ1v) is 10.5. The number of anilines is 1. The molecule has 1 aliphatic heterocycles. The molecule has 0 atom stereocenters. The second-order valence-electron chi connectivity index (χ2n) is 6.36. The van der Waals surface area contributed by atoms with Gasteiger partial charge in [0.15, 0.2) is 0 Å². The van der Waals surface area contributed by atoms with Crippen molar-refractivity contribution in [3.8, 4) is 0 Å². The second kappa shape index (κ2) is 7.26. The van der Waals surface area contributed by atoms with Crippen LogP contribution in [0.15, 0.2) is 90.6 Å². The van der Waals surface area contributed by atoms with E-state index < -0.39 is 7.29 Å². The number of hydrogen-bond acceptors (Lipinski definition) is 3. The molecule has 0 aliphatic carbocycles. The van der Waals surface area contributed by atoms with Crippen molar-refractivity contribution in [2.45, 2.75) is 6.92 Å². The molecular weight excluding hydrogens is 355 g/mol. The van der Waals surface area contributed by atoms with Gasteiger partial charge in [0, 0.05) is 29.0 Å². The van der Waals surface area contributed by atoms with Crippen LogP contribution < -0.4 is 5.09 Å². The summed E-state index contributed by atoms with van der Waals surface area (Å²) in [6, 6.07) is 23.1. The van der Waals surface area contributed by atoms with Crippen molar-refractivity contribution < 1.29 is 9.30 Å². The van der Waals surface area contributed by atoms with Crippen LogP contribution >= 0.6 is 7.29 Å². The highest BCUT2D eigenvalue weighted by atomic mass is 31.2. The molecule has 1 N–H and O–H groups in total. The van der Waals surface area contributed by atoms with Crippen LogP contribution in [0.5, 0.6) is 0 Å². The maximum absolute atomic E-state index is 13.7. The molecule has 3 aromatic rings. The van der Waals surface area contributed by atoms with E-state index in [0.29, 0.717) is 17.3 Å². The van der Waals surface area contributed by atoms with E-state index in [9.17, 15) is 4.57 Å². The topological polar surface area (TPSA) is 51.2 Å². The zero-order valence-electron chi connectivity index (χ0n) is 14.9. The molecule has 1 aliphatic rings. The third kappa shape index (κ3) is 4.02. The van der Waals surface area contributed by atoms with Gasteiger partial charge in [0.1, 0.15) is 17.3 Å². The minimum atomic E-state index is -3.06. The summed E-state index contributed by atoms with van der Waals surface area (Å²) in [6.07, 6.45) is 1.75. The van der Waals surface area contributed by atoms with Crippen molar-refractivity contribution >= 4 is 24.6 Å². The summed E-state index contributed by atoms with van der Waals surface area (Å²) in [4.78, 5) is 4.33. The smallest absolute Gasteiger partial charge is 0.221 e. The predicted molar refractivity (Wildman–Crippen MR) is 110 cm³/mol. The lowest BCUT2D eigenvalue weighted by Crippen LogP contribution is -2.03. The summed E-state index contributed by atoms with van der Waals surface area (Å²) < 4.78 is 19.8. The summed E-state index contributed by atoms with van der Waals surface area (Å²) in [6.45, 7) is 1.97. The molecule has 0 spiro atoms. The molecule has 0 saturated carbocycles. The highest BCUT2D eigenvalue weighted by Crippen LogP contribution is 2.55. The van der Waals surface area contributed by atoms with Gasteiger partial charge in [-0.05, 0) is 18.6 Å². The number of nitrogens with one attached hydrogen (secondary N) is 1. The molecule has 0 bridgehead atoms. The average molecular weight is 374 g/mol. The predicted octanol–water partition coefficient (Wildman–Crippen LogP) is 6.11. The fraction of sp³-hybridized carbons (Fsp3) is 0.0455. The normalized spacial score (nSPS) is 15.3. The van der Waals surface area contributed by atoms with E-state index in [1.165, 1.54) is 0 Å². The summed E-state index contributed by atoms with van der Waals surface area (Å²) in [5, 5.41) is 3.10. The zero-order chi connectivity index (χ0) is 18.7. The molecule has 4 rings (SSSR count). The Bertz CT molecular complexity index is 983. The van der Waals surface area contributed by atoms with Gasteiger partial charge in [-0.15, -0.1) is 0 Å². The number of aryl methyl sites for hydroxylation is 1. The van der Waals surface area contributed by atoms with Gasteiger partial charge in [0.25, 0.3) is 0 Å². The Hall–Kier alpha value is -3.10. The fourth-order valence-corrected chi connectivity index (χ4v) is 4.60. The van der Waals surface area contributed by atoms with Crippen LogP contribution in [0, 0.1) is 6.92 Å². The lowest BCUT2D eigenvalue weighted by Gasteiger charge is -2.23. The summed E-state index contributed by atoms with van der Waals surface area (Å²) in [5.74, 6) is 5.03. The van der Waals surface area contributed by atoms with Crippen LogP contribution in [0.25, 0.3) is 11.5 Å². The maximum Gasteiger partial charge on any atom is 0.221 e. The van der Waals surface area contributed by atoms with E-state index in [1.54, 1.807) is 17.8 Å². The van der Waals surface area contributed by atoms with Gasteiger partial charge in [-0.1, -0.05) is 66.7 Å². The van der Waals surface area contributed by atoms with Crippen molar-refractivity contribution in [1.82, 2.24) is 4.98 Å². The molecule has 0 radical (unpaired) electrons. The Morgan fingerprint density at radius 1 is 0.815 bits per heavy atom. The zero-order valence-corrected chi connectivity index (χ0v) is 15.8. The first-order valence-electron chi connectivity index (χ1n) is 8.66. The quantitative estimate of drug-likeness (QED) is 0.560. The number of hydrogen-bond donors (Lipinski definition) is 1. The number of ether oxygens (including phenoxy) is 1. The molecule has 0 fully saturated rings. The largest absolute Gasteiger partial charge is 0.456 e. The average Bonchev–Trinajstić information content (AvgIpc) is 2.70. The Morgan fingerprint density at radius 3 is 1.85 bits per heavy atom. The number of pyridine rings is 1. The Morgan fingerprint density at radius 2 is 1.37 bits per heavy atom. The molecule has 2 aromatic carbocycles. The Labute approximate surface area is 158 Å². The van der Waals surface area contributed by atoms with Crippen molar-refractivity contribution in [2.75, 3.05) is 5.09 Å². The van der Waals surface area contributed by atoms with Gasteiger partial charge in [-0.2, -0.15) is 0 Å². The van der Waals surface area contributed by atoms with Crippen molar-refractivity contribution in [1.29, 1.82) is 0 Å². The first kappa shape index (κ1) is 17.3. The molecule has 0 unspecified atom stereocenters. The van der Waals surface area contributed by atoms with E-state index in [2.05, 4.69) is 10.1 Å². The highest BCUT2D eigenvalue weighted by molar-refractivity contribution is 7.72. The molecule has 4 nitrogen and oxygen atoms in total. The van der Waals surface area contributed by atoms with E-state index in [-0.39, 0.29) is 0 Å². The maximum atomic E-state index is 13.7. The minimum Gasteiger partial charge on any atom is -0.456 e. The van der Waals surface area contributed by atoms with Crippen molar-refractivity contribution in [2.24, 2.45) is 0 Å². The van der Waals surface area contributed by atoms with E-state index >= 15 is 0 Å². The van der Waals surface area contributed by atoms with Crippen LogP contribution in [-0.2, 0) is 9.30 Å². The molecule has 134 valence electrons. The summed E-state index contributed by atoms with van der Waals surface area (Å²) >= 11 is 0. The minimum absolute atomic E-state index is 0.568. The Kier molecular flexibility index (Phi) is 4.66. The number of nitrogens with zero attached hydrogens (tertiary/aromatic N) is 1. The summed E-state index contributed by atoms with van der Waals surface area (Å²) in [5.41, 5.74) is 2.79. The Balaban J connectivity index is 1.76. The molecule has 0 saturated heterocycles. The van der Waals surface area contributed by atoms with Gasteiger partial charge in [0.05, 0.1) is 0 Å². The SMILES string of the molecule is Cc1ccc(NP2(=O)C=C(c3ccccc3)OC(c3ccccc3)=C2)nc1. The third-order valence-electron chi connectivity index (χ3n) is 4.16. The van der Waals surface area contributed by atoms with Crippen LogP contribution in [0.1, 0.15) is 16.7 Å². The van der Waals surface area contributed by atoms with Gasteiger partial charge < -0.3 is 9.82 Å². The lowest BCUT2D eigenvalue weighted by molar-refractivity contribution is 0.469. The van der Waals surface area contributed by atoms with Crippen LogP contribution in [-0.4, -0.2) is 4.98 Å². The molecule has 2 heterocycles. The standard InChI is InChI=1S/C22H19N2O2P/c1-17-12-13-22(23-14-17)24-27(25)15-20(18-8-4-2-5-9-18)26-21(16-27)19-10-6-3-7-11-19/h2-16H,1H3,(H,23,24,25). The van der Waals surface area contributed by atoms with Crippen LogP contribution in [0.4, 0.5) is 5.82 Å². The number of aromatic nitrogens is 1. The van der Waals surface area contributed by atoms with Gasteiger partial charge in [-0.3, -0.25) is 4.57 Å². The third-order valence-corrected chi connectivity index (χ3v) is 5.97. The monoisotopic (exact) mass is 374 g/mol. The molecule has 27 heavy (non-hydrogen) atoms. The highest BCUT2D eigenvalue weighted by Gasteiger charge is 2.27. The molecule has 5 heteroatoms. The van der Waals surface area contributed by atoms with Crippen molar-refractivity contribution in [3.05, 3.63) is 107 Å². The van der Waals surface area contributed by atoms with Crippen LogP contribution in [0.3, 0.4) is 0 Å². The fourth-order valence-electron chi connectivity index (χ4n) is 2.81. The number of rotatable bonds is 4. The summed E-state index contributed by atoms with van der Waals surface area (Å²) in [7, 11) is -3.06. The van der Waals surface area contributed by atoms with Gasteiger partial charge in [0.2, 0.25) is 7.29 Å². The molecule has 0 amide bonds.